The molecule has 0 saturated heterocycles. The number of nitrogens with one attached hydrogen (secondary N) is 1. The van der Waals surface area contributed by atoms with Crippen LogP contribution >= 0.6 is 12.2 Å². The lowest BCUT2D eigenvalue weighted by atomic mass is 10.1. The van der Waals surface area contributed by atoms with Crippen LogP contribution in [0.4, 0.5) is 22.7 Å². The van der Waals surface area contributed by atoms with E-state index in [1.807, 2.05) is 0 Å². The van der Waals surface area contributed by atoms with Gasteiger partial charge in [-0.25, -0.2) is 0 Å². The first-order valence-corrected chi connectivity index (χ1v) is 10.1. The van der Waals surface area contributed by atoms with Crippen LogP contribution in [0.15, 0.2) is 53.3 Å². The van der Waals surface area contributed by atoms with Crippen LogP contribution in [0.3, 0.4) is 0 Å². The number of nitro groups is 2. The van der Waals surface area contributed by atoms with Gasteiger partial charge in [0, 0.05) is 35.6 Å². The molecule has 3 aromatic rings. The second-order valence-electron chi connectivity index (χ2n) is 7.41. The quantitative estimate of drug-likeness (QED) is 0.315. The number of nitrogens with zero attached hydrogens (tertiary/aromatic N) is 4. The minimum Gasteiger partial charge on any atom is -0.344 e. The van der Waals surface area contributed by atoms with Gasteiger partial charge in [-0.3, -0.25) is 39.0 Å². The predicted octanol–water partition coefficient (Wildman–Crippen LogP) is 4.52. The van der Waals surface area contributed by atoms with Crippen LogP contribution in [0.2, 0.25) is 0 Å². The first-order chi connectivity index (χ1) is 15.5. The predicted molar refractivity (Wildman–Crippen MR) is 124 cm³/mol. The monoisotopic (exact) mass is 469 g/mol. The summed E-state index contributed by atoms with van der Waals surface area (Å²) in [5.74, 6) is -0.829. The van der Waals surface area contributed by atoms with E-state index in [0.29, 0.717) is 5.69 Å². The molecule has 0 aliphatic rings. The number of carbonyl (C=O) groups is 1. The van der Waals surface area contributed by atoms with E-state index in [0.717, 1.165) is 16.7 Å². The maximum absolute atomic E-state index is 13.3. The van der Waals surface area contributed by atoms with Crippen LogP contribution in [0, 0.1) is 31.9 Å². The van der Waals surface area contributed by atoms with Crippen LogP contribution < -0.4 is 10.9 Å². The Balaban J connectivity index is 2.25. The van der Waals surface area contributed by atoms with Crippen molar-refractivity contribution in [2.45, 2.75) is 26.8 Å². The van der Waals surface area contributed by atoms with E-state index < -0.39 is 32.7 Å². The minimum atomic E-state index is -0.829. The van der Waals surface area contributed by atoms with Crippen molar-refractivity contribution in [2.24, 2.45) is 0 Å². The van der Waals surface area contributed by atoms with Crippen LogP contribution in [-0.2, 0) is 0 Å². The molecule has 3 rings (SSSR count). The van der Waals surface area contributed by atoms with Gasteiger partial charge < -0.3 is 5.32 Å². The molecule has 0 unspecified atom stereocenters. The second kappa shape index (κ2) is 9.12. The highest BCUT2D eigenvalue weighted by Gasteiger charge is 2.30. The van der Waals surface area contributed by atoms with E-state index in [4.69, 9.17) is 12.2 Å². The fourth-order valence-electron chi connectivity index (χ4n) is 3.33. The van der Waals surface area contributed by atoms with Crippen LogP contribution in [-0.4, -0.2) is 24.9 Å². The number of rotatable bonds is 6. The number of aryl methyl sites for hydroxylation is 1. The van der Waals surface area contributed by atoms with Crippen LogP contribution in [0.25, 0.3) is 0 Å². The fraction of sp³-hybridized carbons (Fsp3) is 0.190. The third-order valence-corrected chi connectivity index (χ3v) is 5.20. The molecular weight excluding hydrogens is 450 g/mol. The first kappa shape index (κ1) is 23.5. The molecule has 0 saturated carbocycles. The Kier molecular flexibility index (Phi) is 6.49. The lowest BCUT2D eigenvalue weighted by molar-refractivity contribution is -0.392. The highest BCUT2D eigenvalue weighted by atomic mass is 32.1. The maximum atomic E-state index is 13.3. The molecule has 12 heteroatoms. The summed E-state index contributed by atoms with van der Waals surface area (Å²) in [7, 11) is 0. The molecule has 0 amide bonds. The van der Waals surface area contributed by atoms with E-state index in [-0.39, 0.29) is 27.8 Å². The zero-order valence-corrected chi connectivity index (χ0v) is 18.7. The second-order valence-corrected chi connectivity index (χ2v) is 7.77. The van der Waals surface area contributed by atoms with Crippen LogP contribution in [0.5, 0.6) is 0 Å². The van der Waals surface area contributed by atoms with E-state index in [1.54, 1.807) is 44.2 Å². The van der Waals surface area contributed by atoms with Gasteiger partial charge in [0.1, 0.15) is 0 Å². The Hall–Kier alpha value is -4.19. The number of carbonyl (C=O) groups excluding carboxylic acids is 1. The van der Waals surface area contributed by atoms with Crippen molar-refractivity contribution in [3.05, 3.63) is 95.1 Å². The van der Waals surface area contributed by atoms with Gasteiger partial charge in [0.25, 0.3) is 11.5 Å². The number of para-hydroxylation sites is 1. The van der Waals surface area contributed by atoms with E-state index >= 15 is 0 Å². The SMILES string of the molecule is Cc1cc(=O)n(C(C)C)c(=S)n1C(=O)c1cc([N+](=O)[O-])c(Nc2ccccc2)c([N+](=O)[O-])c1. The minimum absolute atomic E-state index is 0.114. The molecule has 170 valence electrons. The number of hydrogen-bond acceptors (Lipinski definition) is 8. The third kappa shape index (κ3) is 4.55. The molecule has 0 atom stereocenters. The molecule has 0 bridgehead atoms. The van der Waals surface area contributed by atoms with Gasteiger partial charge in [-0.2, -0.15) is 0 Å². The molecule has 0 aliphatic heterocycles. The summed E-state index contributed by atoms with van der Waals surface area (Å²) in [5.41, 5.74) is -1.81. The molecule has 1 heterocycles. The van der Waals surface area contributed by atoms with Crippen molar-refractivity contribution < 1.29 is 14.6 Å². The van der Waals surface area contributed by atoms with Gasteiger partial charge in [0.05, 0.1) is 15.4 Å². The molecule has 1 N–H and O–H groups in total. The van der Waals surface area contributed by atoms with Gasteiger partial charge in [0.2, 0.25) is 0 Å². The van der Waals surface area contributed by atoms with E-state index in [9.17, 15) is 29.8 Å². The molecule has 0 radical (unpaired) electrons. The number of anilines is 2. The van der Waals surface area contributed by atoms with Gasteiger partial charge in [-0.15, -0.1) is 0 Å². The summed E-state index contributed by atoms with van der Waals surface area (Å²) >= 11 is 5.33. The molecule has 1 aromatic heterocycles. The topological polar surface area (TPSA) is 142 Å². The number of aromatic nitrogens is 2. The average Bonchev–Trinajstić information content (AvgIpc) is 2.73. The summed E-state index contributed by atoms with van der Waals surface area (Å²) in [6, 6.07) is 11.0. The largest absolute Gasteiger partial charge is 0.344 e. The highest BCUT2D eigenvalue weighted by Crippen LogP contribution is 2.38. The van der Waals surface area contributed by atoms with E-state index in [1.165, 1.54) is 17.6 Å². The van der Waals surface area contributed by atoms with Crippen molar-refractivity contribution in [3.8, 4) is 0 Å². The number of benzene rings is 2. The normalized spacial score (nSPS) is 10.8. The average molecular weight is 469 g/mol. The molecule has 0 spiro atoms. The Morgan fingerprint density at radius 2 is 1.58 bits per heavy atom. The molecule has 0 fully saturated rings. The molecule has 33 heavy (non-hydrogen) atoms. The zero-order chi connectivity index (χ0) is 24.4. The van der Waals surface area contributed by atoms with Gasteiger partial charge in [-0.1, -0.05) is 18.2 Å². The summed E-state index contributed by atoms with van der Waals surface area (Å²) < 4.78 is 2.13. The zero-order valence-electron chi connectivity index (χ0n) is 17.8. The summed E-state index contributed by atoms with van der Waals surface area (Å²) in [6.07, 6.45) is 0. The van der Waals surface area contributed by atoms with Crippen molar-refractivity contribution in [2.75, 3.05) is 5.32 Å². The smallest absolute Gasteiger partial charge is 0.300 e. The van der Waals surface area contributed by atoms with Gasteiger partial charge in [0.15, 0.2) is 10.5 Å². The van der Waals surface area contributed by atoms with Crippen molar-refractivity contribution in [1.82, 2.24) is 9.13 Å². The van der Waals surface area contributed by atoms with Crippen molar-refractivity contribution in [3.63, 3.8) is 0 Å². The first-order valence-electron chi connectivity index (χ1n) is 9.71. The maximum Gasteiger partial charge on any atom is 0.300 e. The Labute approximate surface area is 192 Å². The Bertz CT molecular complexity index is 1360. The standard InChI is InChI=1S/C21H19N5O6S/c1-12(2)23-18(27)9-13(3)24(21(23)33)20(28)14-10-16(25(29)30)19(17(11-14)26(31)32)22-15-7-5-4-6-8-15/h4-12,22H,1-3H3. The summed E-state index contributed by atoms with van der Waals surface area (Å²) in [6.45, 7) is 4.90. The Morgan fingerprint density at radius 1 is 1.03 bits per heavy atom. The molecule has 11 nitrogen and oxygen atoms in total. The van der Waals surface area contributed by atoms with Crippen molar-refractivity contribution in [1.29, 1.82) is 0 Å². The Morgan fingerprint density at radius 3 is 2.06 bits per heavy atom. The van der Waals surface area contributed by atoms with Gasteiger partial charge >= 0.3 is 11.4 Å². The molecule has 2 aromatic carbocycles. The fourth-order valence-corrected chi connectivity index (χ4v) is 3.86. The van der Waals surface area contributed by atoms with Gasteiger partial charge in [-0.05, 0) is 45.1 Å². The highest BCUT2D eigenvalue weighted by molar-refractivity contribution is 7.71. The third-order valence-electron chi connectivity index (χ3n) is 4.82. The molecule has 0 aliphatic carbocycles. The summed E-state index contributed by atoms with van der Waals surface area (Å²) in [4.78, 5) is 47.6. The number of nitro benzene ring substituents is 2. The lowest BCUT2D eigenvalue weighted by Gasteiger charge is -2.16. The van der Waals surface area contributed by atoms with Crippen molar-refractivity contribution >= 4 is 40.9 Å². The van der Waals surface area contributed by atoms with Crippen LogP contribution in [0.1, 0.15) is 35.9 Å². The summed E-state index contributed by atoms with van der Waals surface area (Å²) in [5, 5.41) is 26.3. The molecular formula is C21H19N5O6S. The van der Waals surface area contributed by atoms with E-state index in [2.05, 4.69) is 5.32 Å². The number of hydrogen-bond donors (Lipinski definition) is 1. The lowest BCUT2D eigenvalue weighted by Crippen LogP contribution is -2.30.